The first kappa shape index (κ1) is 20.0. The summed E-state index contributed by atoms with van der Waals surface area (Å²) in [5, 5.41) is 1.02. The molecule has 0 aliphatic carbocycles. The van der Waals surface area contributed by atoms with Gasteiger partial charge in [0.1, 0.15) is 17.1 Å². The van der Waals surface area contributed by atoms with E-state index < -0.39 is 11.3 Å². The summed E-state index contributed by atoms with van der Waals surface area (Å²) in [6, 6.07) is 3.69. The predicted octanol–water partition coefficient (Wildman–Crippen LogP) is 4.95. The molecule has 0 radical (unpaired) electrons. The van der Waals surface area contributed by atoms with Crippen LogP contribution in [0.2, 0.25) is 5.15 Å². The number of hydrogen-bond donors (Lipinski definition) is 0. The highest BCUT2D eigenvalue weighted by Crippen LogP contribution is 2.48. The molecule has 1 aromatic carbocycles. The Bertz CT molecular complexity index is 941. The van der Waals surface area contributed by atoms with E-state index in [2.05, 4.69) is 9.97 Å². The van der Waals surface area contributed by atoms with Crippen molar-refractivity contribution in [3.8, 4) is 11.5 Å². The molecule has 29 heavy (non-hydrogen) atoms. The number of methoxy groups -OCH3 is 1. The average Bonchev–Trinajstić information content (AvgIpc) is 2.86. The molecule has 2 aliphatic rings. The molecule has 0 spiro atoms. The monoisotopic (exact) mass is 419 g/mol. The fourth-order valence-electron chi connectivity index (χ4n) is 4.36. The van der Waals surface area contributed by atoms with Gasteiger partial charge in [0.15, 0.2) is 17.2 Å². The highest BCUT2D eigenvalue weighted by atomic mass is 35.5. The van der Waals surface area contributed by atoms with Crippen molar-refractivity contribution >= 4 is 28.6 Å². The zero-order chi connectivity index (χ0) is 20.8. The molecule has 2 bridgehead atoms. The summed E-state index contributed by atoms with van der Waals surface area (Å²) < 4.78 is 17.8. The van der Waals surface area contributed by atoms with Gasteiger partial charge in [-0.3, -0.25) is 4.90 Å². The summed E-state index contributed by atoms with van der Waals surface area (Å²) in [7, 11) is 1.58. The maximum Gasteiger partial charge on any atom is 0.413 e. The van der Waals surface area contributed by atoms with Gasteiger partial charge in [0, 0.05) is 30.3 Å². The second-order valence-electron chi connectivity index (χ2n) is 8.67. The number of amides is 1. The van der Waals surface area contributed by atoms with Crippen molar-refractivity contribution in [2.75, 3.05) is 7.11 Å². The molecular weight excluding hydrogens is 394 g/mol. The number of nitrogens with zero attached hydrogens (tertiary/aromatic N) is 3. The largest absolute Gasteiger partial charge is 0.493 e. The van der Waals surface area contributed by atoms with Crippen LogP contribution in [-0.2, 0) is 4.74 Å². The number of hydrogen-bond acceptors (Lipinski definition) is 6. The van der Waals surface area contributed by atoms with Gasteiger partial charge < -0.3 is 14.2 Å². The van der Waals surface area contributed by atoms with Crippen LogP contribution in [0.4, 0.5) is 4.79 Å². The number of ether oxygens (including phenoxy) is 3. The first-order valence-corrected chi connectivity index (χ1v) is 10.3. The second-order valence-corrected chi connectivity index (χ2v) is 9.03. The molecule has 0 N–H and O–H groups in total. The molecule has 2 fully saturated rings. The average molecular weight is 420 g/mol. The normalized spacial score (nSPS) is 23.9. The van der Waals surface area contributed by atoms with Crippen molar-refractivity contribution in [2.24, 2.45) is 0 Å². The van der Waals surface area contributed by atoms with Crippen LogP contribution in [0.25, 0.3) is 10.9 Å². The van der Waals surface area contributed by atoms with Gasteiger partial charge in [0.05, 0.1) is 12.6 Å². The minimum absolute atomic E-state index is 0.122. The van der Waals surface area contributed by atoms with E-state index in [-0.39, 0.29) is 12.1 Å². The number of fused-ring (bicyclic) bond motifs is 3. The number of carbonyl (C=O) groups excluding carboxylic acids is 1. The quantitative estimate of drug-likeness (QED) is 0.655. The summed E-state index contributed by atoms with van der Waals surface area (Å²) in [6.07, 6.45) is 5.40. The molecule has 0 saturated carbocycles. The number of carbonyl (C=O) groups is 1. The predicted molar refractivity (Wildman–Crippen MR) is 109 cm³/mol. The highest BCUT2D eigenvalue weighted by molar-refractivity contribution is 6.34. The molecule has 2 aromatic rings. The molecule has 3 heterocycles. The fourth-order valence-corrected chi connectivity index (χ4v) is 4.56. The number of aromatic nitrogens is 2. The Hall–Kier alpha value is -2.28. The minimum atomic E-state index is -0.756. The molecule has 2 unspecified atom stereocenters. The highest BCUT2D eigenvalue weighted by Gasteiger charge is 2.54. The summed E-state index contributed by atoms with van der Waals surface area (Å²) in [4.78, 5) is 23.1. The van der Waals surface area contributed by atoms with Crippen LogP contribution < -0.4 is 9.47 Å². The molecule has 4 rings (SSSR count). The lowest BCUT2D eigenvalue weighted by atomic mass is 10.00. The van der Waals surface area contributed by atoms with E-state index in [0.29, 0.717) is 27.6 Å². The maximum absolute atomic E-state index is 13.0. The molecular formula is C21H26ClN3O4. The van der Waals surface area contributed by atoms with Gasteiger partial charge in [-0.1, -0.05) is 11.6 Å². The van der Waals surface area contributed by atoms with Gasteiger partial charge in [0.2, 0.25) is 0 Å². The van der Waals surface area contributed by atoms with E-state index in [1.54, 1.807) is 24.1 Å². The third kappa shape index (κ3) is 3.68. The van der Waals surface area contributed by atoms with Crippen molar-refractivity contribution in [3.63, 3.8) is 0 Å². The van der Waals surface area contributed by atoms with Gasteiger partial charge >= 0.3 is 6.09 Å². The maximum atomic E-state index is 13.0. The standard InChI is InChI=1S/C21H26ClN3O4/c1-20(2,3)29-19(26)25-13-6-5-8-21(25,9-7-13)28-17-10-14-15(11-16(17)27-4)23-12-24-18(14)22/h10-13H,5-9H2,1-4H3. The van der Waals surface area contributed by atoms with Crippen LogP contribution in [0.1, 0.15) is 52.9 Å². The van der Waals surface area contributed by atoms with Gasteiger partial charge in [0.25, 0.3) is 0 Å². The van der Waals surface area contributed by atoms with Gasteiger partial charge in [-0.15, -0.1) is 0 Å². The zero-order valence-electron chi connectivity index (χ0n) is 17.2. The van der Waals surface area contributed by atoms with Crippen LogP contribution in [-0.4, -0.2) is 45.4 Å². The Balaban J connectivity index is 1.73. The SMILES string of the molecule is COc1cc2ncnc(Cl)c2cc1OC12CCCC(CC1)N2C(=O)OC(C)(C)C. The molecule has 1 amide bonds. The smallest absolute Gasteiger partial charge is 0.413 e. The minimum Gasteiger partial charge on any atom is -0.493 e. The zero-order valence-corrected chi connectivity index (χ0v) is 18.0. The summed E-state index contributed by atoms with van der Waals surface area (Å²) >= 11 is 6.26. The topological polar surface area (TPSA) is 73.8 Å². The van der Waals surface area contributed by atoms with Crippen molar-refractivity contribution in [1.82, 2.24) is 14.9 Å². The van der Waals surface area contributed by atoms with Crippen LogP contribution in [0.5, 0.6) is 11.5 Å². The molecule has 2 atom stereocenters. The Kier molecular flexibility index (Phi) is 4.97. The van der Waals surface area contributed by atoms with Crippen LogP contribution in [0, 0.1) is 0 Å². The van der Waals surface area contributed by atoms with Crippen molar-refractivity contribution in [3.05, 3.63) is 23.6 Å². The van der Waals surface area contributed by atoms with E-state index in [0.717, 1.165) is 32.1 Å². The fraction of sp³-hybridized carbons (Fsp3) is 0.571. The summed E-state index contributed by atoms with van der Waals surface area (Å²) in [5.74, 6) is 1.06. The lowest BCUT2D eigenvalue weighted by molar-refractivity contribution is -0.0979. The Morgan fingerprint density at radius 3 is 2.72 bits per heavy atom. The lowest BCUT2D eigenvalue weighted by Crippen LogP contribution is -2.57. The van der Waals surface area contributed by atoms with Crippen molar-refractivity contribution in [2.45, 2.75) is 70.2 Å². The lowest BCUT2D eigenvalue weighted by Gasteiger charge is -2.44. The van der Waals surface area contributed by atoms with Gasteiger partial charge in [-0.2, -0.15) is 0 Å². The van der Waals surface area contributed by atoms with Crippen molar-refractivity contribution < 1.29 is 19.0 Å². The molecule has 1 aromatic heterocycles. The molecule has 2 aliphatic heterocycles. The first-order chi connectivity index (χ1) is 13.7. The second kappa shape index (κ2) is 7.20. The van der Waals surface area contributed by atoms with Gasteiger partial charge in [-0.05, 0) is 46.1 Å². The van der Waals surface area contributed by atoms with Crippen LogP contribution >= 0.6 is 11.6 Å². The molecule has 7 nitrogen and oxygen atoms in total. The Morgan fingerprint density at radius 1 is 1.21 bits per heavy atom. The van der Waals surface area contributed by atoms with E-state index in [1.165, 1.54) is 6.33 Å². The van der Waals surface area contributed by atoms with E-state index >= 15 is 0 Å². The number of piperidine rings is 1. The summed E-state index contributed by atoms with van der Waals surface area (Å²) in [5.41, 5.74) is -0.654. The third-order valence-corrected chi connectivity index (χ3v) is 5.84. The van der Waals surface area contributed by atoms with Gasteiger partial charge in [-0.25, -0.2) is 14.8 Å². The van der Waals surface area contributed by atoms with Crippen LogP contribution in [0.3, 0.4) is 0 Å². The van der Waals surface area contributed by atoms with E-state index in [9.17, 15) is 4.79 Å². The van der Waals surface area contributed by atoms with E-state index in [1.807, 2.05) is 20.8 Å². The van der Waals surface area contributed by atoms with Crippen LogP contribution in [0.15, 0.2) is 18.5 Å². The third-order valence-electron chi connectivity index (χ3n) is 5.54. The molecule has 2 saturated heterocycles. The Morgan fingerprint density at radius 2 is 2.00 bits per heavy atom. The van der Waals surface area contributed by atoms with Crippen molar-refractivity contribution in [1.29, 1.82) is 0 Å². The summed E-state index contributed by atoms with van der Waals surface area (Å²) in [6.45, 7) is 5.62. The number of rotatable bonds is 3. The van der Waals surface area contributed by atoms with E-state index in [4.69, 9.17) is 25.8 Å². The molecule has 8 heteroatoms. The molecule has 156 valence electrons. The first-order valence-electron chi connectivity index (χ1n) is 9.92. The Labute approximate surface area is 175 Å². The number of benzene rings is 1. The number of halogens is 1.